The van der Waals surface area contributed by atoms with E-state index < -0.39 is 32.5 Å². The third-order valence-electron chi connectivity index (χ3n) is 7.50. The number of hydrogen-bond donors (Lipinski definition) is 0. The molecule has 0 fully saturated rings. The fraction of sp³-hybridized carbons (Fsp3) is 0.667. The third kappa shape index (κ3) is 22.4. The van der Waals surface area contributed by atoms with E-state index in [2.05, 4.69) is 38.2 Å². The molecule has 45 heavy (non-hydrogen) atoms. The van der Waals surface area contributed by atoms with Gasteiger partial charge in [-0.3, -0.25) is 0 Å². The summed E-state index contributed by atoms with van der Waals surface area (Å²) in [6, 6.07) is 3.58. The molecule has 0 heterocycles. The number of benzene rings is 1. The fourth-order valence-corrected chi connectivity index (χ4v) is 5.57. The maximum absolute atomic E-state index is 12.9. The number of carbonyl (C=O) groups excluding carboxylic acids is 2. The van der Waals surface area contributed by atoms with Gasteiger partial charge in [-0.1, -0.05) is 108 Å². The summed E-state index contributed by atoms with van der Waals surface area (Å²) in [5, 5.41) is 0. The van der Waals surface area contributed by atoms with Crippen LogP contribution in [0.4, 0.5) is 0 Å². The van der Waals surface area contributed by atoms with Crippen molar-refractivity contribution < 1.29 is 83.4 Å². The quantitative estimate of drug-likeness (QED) is 0.0330. The maximum Gasteiger partial charge on any atom is 1.00 e. The van der Waals surface area contributed by atoms with Crippen molar-refractivity contribution in [3.63, 3.8) is 0 Å². The van der Waals surface area contributed by atoms with E-state index in [9.17, 15) is 22.6 Å². The van der Waals surface area contributed by atoms with E-state index >= 15 is 0 Å². The topological polar surface area (TPSA) is 110 Å². The van der Waals surface area contributed by atoms with E-state index in [1.165, 1.54) is 50.7 Å². The summed E-state index contributed by atoms with van der Waals surface area (Å²) in [7, 11) is -5.01. The van der Waals surface area contributed by atoms with E-state index in [0.29, 0.717) is 12.8 Å². The first kappa shape index (κ1) is 44.2. The second-order valence-electron chi connectivity index (χ2n) is 11.5. The van der Waals surface area contributed by atoms with Crippen LogP contribution in [0.25, 0.3) is 0 Å². The van der Waals surface area contributed by atoms with Gasteiger partial charge in [-0.05, 0) is 76.3 Å². The van der Waals surface area contributed by atoms with Crippen LogP contribution in [-0.4, -0.2) is 38.1 Å². The van der Waals surface area contributed by atoms with E-state index in [-0.39, 0.29) is 70.2 Å². The molecule has 0 saturated heterocycles. The molecule has 7 nitrogen and oxygen atoms in total. The number of unbranched alkanes of at least 4 members (excludes halogenated alkanes) is 16. The van der Waals surface area contributed by atoms with Crippen molar-refractivity contribution in [3.8, 4) is 0 Å². The van der Waals surface area contributed by atoms with Gasteiger partial charge in [-0.15, -0.1) is 0 Å². The van der Waals surface area contributed by atoms with E-state index in [1.54, 1.807) is 0 Å². The zero-order chi connectivity index (χ0) is 32.3. The second kappa shape index (κ2) is 29.3. The van der Waals surface area contributed by atoms with Crippen LogP contribution in [0.2, 0.25) is 0 Å². The molecule has 0 spiro atoms. The molecular weight excluding hydrogens is 616 g/mol. The molecule has 0 amide bonds. The Labute approximate surface area is 316 Å². The van der Waals surface area contributed by atoms with Gasteiger partial charge in [0.15, 0.2) is 0 Å². The number of carbonyl (C=O) groups is 2. The van der Waals surface area contributed by atoms with Crippen LogP contribution < -0.4 is 51.4 Å². The number of allylic oxidation sites excluding steroid dienone is 4. The molecule has 0 bridgehead atoms. The minimum Gasteiger partial charge on any atom is -0.744 e. The van der Waals surface area contributed by atoms with Gasteiger partial charge in [-0.2, -0.15) is 0 Å². The van der Waals surface area contributed by atoms with Crippen molar-refractivity contribution in [2.24, 2.45) is 0 Å². The molecule has 250 valence electrons. The van der Waals surface area contributed by atoms with Gasteiger partial charge in [0.25, 0.3) is 0 Å². The standard InChI is InChI=1S/C36H58O7S.K/c1-3-5-7-9-11-13-15-17-19-21-23-25-30-42-35(37)32-28-27-29-33(44(39,40)41)34(32)36(38)43-31-26-24-22-20-18-16-14-12-10-8-6-4-2;/h11-14,27-29H,3-10,15-26,30-31H2,1-2H3,(H,39,40,41);/q;+1/p-1/b13-11+,14-12+;. The molecular formula is C36H57KO7S. The van der Waals surface area contributed by atoms with Crippen molar-refractivity contribution in [1.29, 1.82) is 0 Å². The van der Waals surface area contributed by atoms with Crippen LogP contribution in [0.3, 0.4) is 0 Å². The molecule has 0 aliphatic carbocycles. The van der Waals surface area contributed by atoms with Gasteiger partial charge < -0.3 is 14.0 Å². The van der Waals surface area contributed by atoms with E-state index in [0.717, 1.165) is 83.1 Å². The Morgan fingerprint density at radius 3 is 1.47 bits per heavy atom. The Morgan fingerprint density at radius 2 is 1.02 bits per heavy atom. The summed E-state index contributed by atoms with van der Waals surface area (Å²) in [5.41, 5.74) is -0.804. The molecule has 0 N–H and O–H groups in total. The molecule has 0 atom stereocenters. The minimum absolute atomic E-state index is 0. The Kier molecular flexibility index (Phi) is 28.8. The molecule has 1 aromatic carbocycles. The maximum atomic E-state index is 12.9. The van der Waals surface area contributed by atoms with Gasteiger partial charge >= 0.3 is 63.3 Å². The summed E-state index contributed by atoms with van der Waals surface area (Å²) in [6.07, 6.45) is 30.5. The average Bonchev–Trinajstić information content (AvgIpc) is 3.00. The zero-order valence-corrected chi connectivity index (χ0v) is 32.3. The fourth-order valence-electron chi connectivity index (χ4n) is 4.88. The van der Waals surface area contributed by atoms with Gasteiger partial charge in [0, 0.05) is 0 Å². The monoisotopic (exact) mass is 672 g/mol. The van der Waals surface area contributed by atoms with Gasteiger partial charge in [0.2, 0.25) is 0 Å². The largest absolute Gasteiger partial charge is 1.00 e. The number of ether oxygens (including phenoxy) is 2. The second-order valence-corrected chi connectivity index (χ2v) is 12.8. The molecule has 9 heteroatoms. The summed E-state index contributed by atoms with van der Waals surface area (Å²) >= 11 is 0. The summed E-state index contributed by atoms with van der Waals surface area (Å²) in [6.45, 7) is 4.63. The summed E-state index contributed by atoms with van der Waals surface area (Å²) < 4.78 is 46.3. The Bertz CT molecular complexity index is 1080. The van der Waals surface area contributed by atoms with Gasteiger partial charge in [0.1, 0.15) is 10.1 Å². The Morgan fingerprint density at radius 1 is 0.622 bits per heavy atom. The molecule has 0 saturated carbocycles. The smallest absolute Gasteiger partial charge is 0.744 e. The predicted octanol–water partition coefficient (Wildman–Crippen LogP) is 6.86. The Balaban J connectivity index is 0.0000194. The van der Waals surface area contributed by atoms with Crippen LogP contribution in [0.5, 0.6) is 0 Å². The SMILES string of the molecule is CCCCC/C=C/CCCCCCCOC(=O)c1cccc(S(=O)(=O)[O-])c1C(=O)OCCCCCCC/C=C/CCCCC.[K+]. The molecule has 1 rings (SSSR count). The molecule has 0 unspecified atom stereocenters. The number of hydrogen-bond acceptors (Lipinski definition) is 7. The normalized spacial score (nSPS) is 11.6. The summed E-state index contributed by atoms with van der Waals surface area (Å²) in [5.74, 6) is -1.84. The van der Waals surface area contributed by atoms with Crippen LogP contribution >= 0.6 is 0 Å². The van der Waals surface area contributed by atoms with Crippen LogP contribution in [0, 0.1) is 0 Å². The minimum atomic E-state index is -5.01. The number of rotatable bonds is 27. The zero-order valence-electron chi connectivity index (χ0n) is 28.4. The molecule has 1 aromatic rings. The molecule has 0 aromatic heterocycles. The molecule has 0 aliphatic heterocycles. The first-order valence-electron chi connectivity index (χ1n) is 17.1. The average molecular weight is 673 g/mol. The molecule has 0 radical (unpaired) electrons. The summed E-state index contributed by atoms with van der Waals surface area (Å²) in [4.78, 5) is 24.9. The van der Waals surface area contributed by atoms with Crippen molar-refractivity contribution in [3.05, 3.63) is 53.6 Å². The van der Waals surface area contributed by atoms with Gasteiger partial charge in [0.05, 0.1) is 29.2 Å². The third-order valence-corrected chi connectivity index (χ3v) is 8.38. The van der Waals surface area contributed by atoms with Crippen molar-refractivity contribution in [1.82, 2.24) is 0 Å². The van der Waals surface area contributed by atoms with Crippen molar-refractivity contribution in [2.45, 2.75) is 147 Å². The molecule has 0 aliphatic rings. The van der Waals surface area contributed by atoms with Gasteiger partial charge in [-0.25, -0.2) is 18.0 Å². The Hall–Kier alpha value is -0.814. The van der Waals surface area contributed by atoms with Crippen LogP contribution in [0.15, 0.2) is 47.4 Å². The van der Waals surface area contributed by atoms with Crippen molar-refractivity contribution in [2.75, 3.05) is 13.2 Å². The van der Waals surface area contributed by atoms with Crippen LogP contribution in [0.1, 0.15) is 163 Å². The van der Waals surface area contributed by atoms with Crippen LogP contribution in [-0.2, 0) is 19.6 Å². The van der Waals surface area contributed by atoms with Crippen molar-refractivity contribution >= 4 is 22.1 Å². The van der Waals surface area contributed by atoms with E-state index in [4.69, 9.17) is 9.47 Å². The predicted molar refractivity (Wildman–Crippen MR) is 177 cm³/mol. The first-order valence-corrected chi connectivity index (χ1v) is 18.5. The van der Waals surface area contributed by atoms with E-state index in [1.807, 2.05) is 0 Å². The first-order chi connectivity index (χ1) is 21.3. The number of esters is 2.